The zero-order valence-corrected chi connectivity index (χ0v) is 8.74. The summed E-state index contributed by atoms with van der Waals surface area (Å²) in [6.45, 7) is 0. The van der Waals surface area contributed by atoms with E-state index in [0.29, 0.717) is 0 Å². The van der Waals surface area contributed by atoms with Gasteiger partial charge in [0.05, 0.1) is 0 Å². The molecule has 106 valence electrons. The molecule has 9 heteroatoms. The summed E-state index contributed by atoms with van der Waals surface area (Å²) in [4.78, 5) is 0. The summed E-state index contributed by atoms with van der Waals surface area (Å²) in [5.74, 6) is -11.3. The van der Waals surface area contributed by atoms with Crippen LogP contribution in [0.5, 0.6) is 0 Å². The molecule has 1 nitrogen and oxygen atoms in total. The number of fused-ring (bicyclic) bond motifs is 8. The fourth-order valence-corrected chi connectivity index (χ4v) is 3.91. The normalized spacial score (nSPS) is 66.1. The highest BCUT2D eigenvalue weighted by Gasteiger charge is 3.20. The van der Waals surface area contributed by atoms with E-state index in [1.807, 2.05) is 0 Å². The van der Waals surface area contributed by atoms with Gasteiger partial charge in [0.25, 0.3) is 11.3 Å². The number of ether oxygens (including phenoxy) is 1. The van der Waals surface area contributed by atoms with Crippen molar-refractivity contribution < 1.29 is 39.9 Å². The van der Waals surface area contributed by atoms with Gasteiger partial charge in [0, 0.05) is 0 Å². The molecule has 2 saturated carbocycles. The van der Waals surface area contributed by atoms with E-state index in [0.717, 1.165) is 12.2 Å². The number of halogens is 8. The maximum Gasteiger partial charge on any atom is 0.354 e. The van der Waals surface area contributed by atoms with Gasteiger partial charge in [-0.2, -0.15) is 17.6 Å². The Morgan fingerprint density at radius 2 is 0.947 bits per heavy atom. The molecule has 0 aromatic rings. The summed E-state index contributed by atoms with van der Waals surface area (Å²) in [6, 6.07) is 0. The van der Waals surface area contributed by atoms with Crippen LogP contribution in [0.2, 0.25) is 0 Å². The maximum absolute atomic E-state index is 14.4. The molecule has 2 aliphatic carbocycles. The first-order valence-electron chi connectivity index (χ1n) is 5.31. The van der Waals surface area contributed by atoms with Gasteiger partial charge in [-0.05, 0) is 0 Å². The molecule has 2 aliphatic heterocycles. The Kier molecular flexibility index (Phi) is 1.44. The van der Waals surface area contributed by atoms with Crippen molar-refractivity contribution in [2.24, 2.45) is 0 Å². The average Bonchev–Trinajstić information content (AvgIpc) is 2.88. The predicted octanol–water partition coefficient (Wildman–Crippen LogP) is 2.45. The summed E-state index contributed by atoms with van der Waals surface area (Å²) in [6.07, 6.45) is -2.82. The fourth-order valence-electron chi connectivity index (χ4n) is 3.91. The lowest BCUT2D eigenvalue weighted by atomic mass is 9.33. The average molecular weight is 292 g/mol. The van der Waals surface area contributed by atoms with Gasteiger partial charge in [0.15, 0.2) is 0 Å². The van der Waals surface area contributed by atoms with Gasteiger partial charge in [-0.15, -0.1) is 0 Å². The minimum atomic E-state index is -5.64. The molecule has 19 heavy (non-hydrogen) atoms. The van der Waals surface area contributed by atoms with Crippen molar-refractivity contribution in [3.05, 3.63) is 12.2 Å². The molecule has 6 atom stereocenters. The summed E-state index contributed by atoms with van der Waals surface area (Å²) in [5.41, 5.74) is -18.2. The first-order valence-corrected chi connectivity index (χ1v) is 5.31. The van der Waals surface area contributed by atoms with Crippen LogP contribution in [0.4, 0.5) is 35.1 Å². The third kappa shape index (κ3) is 0.568. The van der Waals surface area contributed by atoms with Crippen LogP contribution in [0.1, 0.15) is 0 Å². The molecule has 4 unspecified atom stereocenters. The van der Waals surface area contributed by atoms with Crippen molar-refractivity contribution in [3.63, 3.8) is 0 Å². The summed E-state index contributed by atoms with van der Waals surface area (Å²) in [5, 5.41) is 0. The van der Waals surface area contributed by atoms with Crippen molar-refractivity contribution in [1.82, 2.24) is 0 Å². The summed E-state index contributed by atoms with van der Waals surface area (Å²) in [7, 11) is 0. The fraction of sp³-hybridized carbons (Fsp3) is 0.800. The maximum atomic E-state index is 14.4. The van der Waals surface area contributed by atoms with Crippen molar-refractivity contribution in [3.8, 4) is 0 Å². The molecule has 4 rings (SSSR count). The smallest absolute Gasteiger partial charge is 0.354 e. The first-order chi connectivity index (χ1) is 8.46. The molecular formula is C10H4F8O. The van der Waals surface area contributed by atoms with Crippen LogP contribution in [-0.2, 0) is 4.74 Å². The molecule has 0 spiro atoms. The zero-order chi connectivity index (χ0) is 14.3. The van der Waals surface area contributed by atoms with Crippen LogP contribution < -0.4 is 0 Å². The van der Waals surface area contributed by atoms with Crippen LogP contribution >= 0.6 is 0 Å². The number of hydrogen-bond donors (Lipinski definition) is 0. The highest BCUT2D eigenvalue weighted by atomic mass is 19.3. The van der Waals surface area contributed by atoms with Gasteiger partial charge in [-0.1, -0.05) is 12.2 Å². The van der Waals surface area contributed by atoms with Crippen molar-refractivity contribution in [1.29, 1.82) is 0 Å². The molecule has 0 aromatic heterocycles. The van der Waals surface area contributed by atoms with Crippen molar-refractivity contribution in [2.75, 3.05) is 0 Å². The lowest BCUT2D eigenvalue weighted by molar-refractivity contribution is -0.548. The van der Waals surface area contributed by atoms with Crippen LogP contribution in [0.3, 0.4) is 0 Å². The van der Waals surface area contributed by atoms with Crippen LogP contribution in [0, 0.1) is 0 Å². The first kappa shape index (κ1) is 11.9. The SMILES string of the molecule is FC1(F)C(F)(F)C2(F)C3(F)[C@H]4C=C[C@H](O4)C3(F)C12F. The van der Waals surface area contributed by atoms with Crippen LogP contribution in [0.15, 0.2) is 12.2 Å². The second kappa shape index (κ2) is 2.29. The van der Waals surface area contributed by atoms with E-state index in [-0.39, 0.29) is 0 Å². The molecule has 3 fully saturated rings. The van der Waals surface area contributed by atoms with Gasteiger partial charge in [-0.3, -0.25) is 0 Å². The van der Waals surface area contributed by atoms with Gasteiger partial charge in [0.2, 0.25) is 11.3 Å². The van der Waals surface area contributed by atoms with Crippen LogP contribution in [-0.4, -0.2) is 46.7 Å². The molecule has 4 aliphatic rings. The van der Waals surface area contributed by atoms with E-state index in [9.17, 15) is 35.1 Å². The highest BCUT2D eigenvalue weighted by Crippen LogP contribution is 2.88. The molecule has 0 N–H and O–H groups in total. The van der Waals surface area contributed by atoms with E-state index in [4.69, 9.17) is 0 Å². The molecule has 2 heterocycles. The van der Waals surface area contributed by atoms with Gasteiger partial charge < -0.3 is 4.74 Å². The Labute approximate surface area is 99.7 Å². The summed E-state index contributed by atoms with van der Waals surface area (Å²) < 4.78 is 114. The van der Waals surface area contributed by atoms with Gasteiger partial charge >= 0.3 is 11.8 Å². The third-order valence-electron chi connectivity index (χ3n) is 4.80. The molecule has 1 saturated heterocycles. The van der Waals surface area contributed by atoms with Crippen LogP contribution in [0.25, 0.3) is 0 Å². The molecule has 0 radical (unpaired) electrons. The number of alkyl halides is 8. The van der Waals surface area contributed by atoms with Gasteiger partial charge in [0.1, 0.15) is 12.2 Å². The van der Waals surface area contributed by atoms with Crippen molar-refractivity contribution in [2.45, 2.75) is 46.7 Å². The molecule has 0 aromatic carbocycles. The largest absolute Gasteiger partial charge is 0.360 e. The number of hydrogen-bond acceptors (Lipinski definition) is 1. The van der Waals surface area contributed by atoms with E-state index < -0.39 is 46.7 Å². The molecule has 0 amide bonds. The minimum absolute atomic E-state index is 0.732. The second-order valence-corrected chi connectivity index (χ2v) is 5.25. The molecular weight excluding hydrogens is 288 g/mol. The van der Waals surface area contributed by atoms with Gasteiger partial charge in [-0.25, -0.2) is 17.6 Å². The van der Waals surface area contributed by atoms with E-state index >= 15 is 0 Å². The standard InChI is InChI=1S/C10H4F8O/c11-5-3-1-2-4(19-3)6(5,12)8(14)7(5,13)9(15,16)10(8,17)18/h1-4H/t3-,4+,5?,6?,7?,8?. The van der Waals surface area contributed by atoms with E-state index in [1.54, 1.807) is 0 Å². The Morgan fingerprint density at radius 3 is 1.26 bits per heavy atom. The Balaban J connectivity index is 2.02. The Hall–Kier alpha value is -0.860. The predicted molar refractivity (Wildman–Crippen MR) is 43.1 cm³/mol. The Bertz CT molecular complexity index is 502. The summed E-state index contributed by atoms with van der Waals surface area (Å²) >= 11 is 0. The third-order valence-corrected chi connectivity index (χ3v) is 4.80. The van der Waals surface area contributed by atoms with Crippen molar-refractivity contribution >= 4 is 0 Å². The zero-order valence-electron chi connectivity index (χ0n) is 8.74. The number of rotatable bonds is 0. The lowest BCUT2D eigenvalue weighted by Gasteiger charge is -2.75. The minimum Gasteiger partial charge on any atom is -0.360 e. The monoisotopic (exact) mass is 292 g/mol. The quantitative estimate of drug-likeness (QED) is 0.492. The topological polar surface area (TPSA) is 9.23 Å². The Morgan fingerprint density at radius 1 is 0.632 bits per heavy atom. The van der Waals surface area contributed by atoms with E-state index in [1.165, 1.54) is 0 Å². The second-order valence-electron chi connectivity index (χ2n) is 5.25. The van der Waals surface area contributed by atoms with E-state index in [2.05, 4.69) is 4.74 Å². The molecule has 2 bridgehead atoms. The highest BCUT2D eigenvalue weighted by molar-refractivity contribution is 5.61. The lowest BCUT2D eigenvalue weighted by Crippen LogP contribution is -3.09.